The summed E-state index contributed by atoms with van der Waals surface area (Å²) in [6, 6.07) is 8.43. The molecule has 1 spiro atoms. The van der Waals surface area contributed by atoms with Crippen molar-refractivity contribution in [2.24, 2.45) is 11.1 Å². The molecule has 1 aromatic carbocycles. The summed E-state index contributed by atoms with van der Waals surface area (Å²) in [6.07, 6.45) is 9.58. The molecule has 2 nitrogen and oxygen atoms in total. The molecule has 2 aliphatic carbocycles. The molecule has 0 aromatic heterocycles. The van der Waals surface area contributed by atoms with Gasteiger partial charge in [-0.1, -0.05) is 37.5 Å². The van der Waals surface area contributed by atoms with E-state index in [1.54, 1.807) is 7.11 Å². The first-order chi connectivity index (χ1) is 9.24. The molecule has 2 saturated carbocycles. The van der Waals surface area contributed by atoms with E-state index < -0.39 is 0 Å². The van der Waals surface area contributed by atoms with E-state index in [-0.39, 0.29) is 5.41 Å². The topological polar surface area (TPSA) is 35.2 Å². The zero-order valence-electron chi connectivity index (χ0n) is 12.0. The van der Waals surface area contributed by atoms with E-state index in [2.05, 4.69) is 18.2 Å². The van der Waals surface area contributed by atoms with Gasteiger partial charge in [0.1, 0.15) is 5.75 Å². The van der Waals surface area contributed by atoms with Crippen LogP contribution in [0.25, 0.3) is 0 Å². The van der Waals surface area contributed by atoms with Crippen LogP contribution in [0.2, 0.25) is 0 Å². The summed E-state index contributed by atoms with van der Waals surface area (Å²) >= 11 is 0. The van der Waals surface area contributed by atoms with Crippen LogP contribution in [0.5, 0.6) is 5.75 Å². The molecule has 0 bridgehead atoms. The number of para-hydroxylation sites is 1. The van der Waals surface area contributed by atoms with Gasteiger partial charge in [0.25, 0.3) is 0 Å². The van der Waals surface area contributed by atoms with Crippen LogP contribution >= 0.6 is 0 Å². The SMILES string of the molecule is COc1ccccc1C1(CN)CC2(CCCCC2)C1. The highest BCUT2D eigenvalue weighted by atomic mass is 16.5. The minimum absolute atomic E-state index is 0.171. The van der Waals surface area contributed by atoms with Crippen LogP contribution in [0.3, 0.4) is 0 Å². The Kier molecular flexibility index (Phi) is 3.30. The molecule has 0 saturated heterocycles. The molecule has 0 unspecified atom stereocenters. The zero-order valence-corrected chi connectivity index (χ0v) is 12.0. The second kappa shape index (κ2) is 4.82. The third kappa shape index (κ3) is 2.06. The maximum Gasteiger partial charge on any atom is 0.122 e. The van der Waals surface area contributed by atoms with Crippen molar-refractivity contribution in [1.29, 1.82) is 0 Å². The first-order valence-corrected chi connectivity index (χ1v) is 7.57. The maximum atomic E-state index is 6.16. The summed E-state index contributed by atoms with van der Waals surface area (Å²) in [4.78, 5) is 0. The van der Waals surface area contributed by atoms with Crippen molar-refractivity contribution < 1.29 is 4.74 Å². The summed E-state index contributed by atoms with van der Waals surface area (Å²) in [5.41, 5.74) is 8.25. The third-order valence-corrected chi connectivity index (χ3v) is 5.41. The van der Waals surface area contributed by atoms with Gasteiger partial charge in [0.15, 0.2) is 0 Å². The van der Waals surface area contributed by atoms with Gasteiger partial charge < -0.3 is 10.5 Å². The van der Waals surface area contributed by atoms with Gasteiger partial charge in [0, 0.05) is 17.5 Å². The minimum atomic E-state index is 0.171. The Labute approximate surface area is 116 Å². The maximum absolute atomic E-state index is 6.16. The number of hydrogen-bond donors (Lipinski definition) is 1. The summed E-state index contributed by atoms with van der Waals surface area (Å²) in [6.45, 7) is 0.745. The molecule has 0 amide bonds. The molecule has 104 valence electrons. The van der Waals surface area contributed by atoms with Crippen molar-refractivity contribution in [3.63, 3.8) is 0 Å². The van der Waals surface area contributed by atoms with Gasteiger partial charge in [0.05, 0.1) is 7.11 Å². The Morgan fingerprint density at radius 2 is 1.79 bits per heavy atom. The van der Waals surface area contributed by atoms with Crippen LogP contribution in [-0.4, -0.2) is 13.7 Å². The Hall–Kier alpha value is -1.02. The fourth-order valence-corrected chi connectivity index (χ4v) is 4.57. The van der Waals surface area contributed by atoms with Gasteiger partial charge in [-0.25, -0.2) is 0 Å². The number of methoxy groups -OCH3 is 1. The lowest BCUT2D eigenvalue weighted by molar-refractivity contribution is -0.00939. The molecule has 2 N–H and O–H groups in total. The Balaban J connectivity index is 1.86. The van der Waals surface area contributed by atoms with Crippen LogP contribution in [0.15, 0.2) is 24.3 Å². The standard InChI is InChI=1S/C17H25NO/c1-19-15-8-4-3-7-14(15)17(13-18)11-16(12-17)9-5-2-6-10-16/h3-4,7-8H,2,5-6,9-13,18H2,1H3. The van der Waals surface area contributed by atoms with E-state index in [1.807, 2.05) is 6.07 Å². The van der Waals surface area contributed by atoms with Gasteiger partial charge in [-0.3, -0.25) is 0 Å². The van der Waals surface area contributed by atoms with Crippen molar-refractivity contribution >= 4 is 0 Å². The average Bonchev–Trinajstić information content (AvgIpc) is 2.45. The van der Waals surface area contributed by atoms with Crippen LogP contribution in [0.1, 0.15) is 50.5 Å². The largest absolute Gasteiger partial charge is 0.496 e. The summed E-state index contributed by atoms with van der Waals surface area (Å²) < 4.78 is 5.55. The second-order valence-corrected chi connectivity index (χ2v) is 6.60. The van der Waals surface area contributed by atoms with Crippen molar-refractivity contribution in [3.05, 3.63) is 29.8 Å². The van der Waals surface area contributed by atoms with Gasteiger partial charge >= 0.3 is 0 Å². The Morgan fingerprint density at radius 1 is 1.11 bits per heavy atom. The lowest BCUT2D eigenvalue weighted by Crippen LogP contribution is -2.54. The molecule has 2 fully saturated rings. The lowest BCUT2D eigenvalue weighted by Gasteiger charge is -2.58. The predicted molar refractivity (Wildman–Crippen MR) is 78.5 cm³/mol. The van der Waals surface area contributed by atoms with Gasteiger partial charge in [-0.2, -0.15) is 0 Å². The number of hydrogen-bond acceptors (Lipinski definition) is 2. The average molecular weight is 259 g/mol. The van der Waals surface area contributed by atoms with Crippen LogP contribution in [0, 0.1) is 5.41 Å². The summed E-state index contributed by atoms with van der Waals surface area (Å²) in [5, 5.41) is 0. The molecule has 0 atom stereocenters. The van der Waals surface area contributed by atoms with Gasteiger partial charge in [-0.05, 0) is 37.2 Å². The monoisotopic (exact) mass is 259 g/mol. The third-order valence-electron chi connectivity index (χ3n) is 5.41. The van der Waals surface area contributed by atoms with E-state index in [1.165, 1.54) is 50.5 Å². The molecule has 1 aromatic rings. The zero-order chi connectivity index (χ0) is 13.3. The molecule has 3 rings (SSSR count). The molecule has 0 aliphatic heterocycles. The fraction of sp³-hybridized carbons (Fsp3) is 0.647. The molecule has 2 aliphatic rings. The smallest absolute Gasteiger partial charge is 0.122 e. The first-order valence-electron chi connectivity index (χ1n) is 7.57. The first kappa shape index (κ1) is 13.0. The molecular formula is C17H25NO. The molecule has 0 heterocycles. The van der Waals surface area contributed by atoms with Crippen molar-refractivity contribution in [2.45, 2.75) is 50.4 Å². The van der Waals surface area contributed by atoms with Gasteiger partial charge in [0.2, 0.25) is 0 Å². The highest BCUT2D eigenvalue weighted by molar-refractivity contribution is 5.43. The molecule has 2 heteroatoms. The molecule has 19 heavy (non-hydrogen) atoms. The predicted octanol–water partition coefficient (Wildman–Crippen LogP) is 3.64. The Morgan fingerprint density at radius 3 is 2.42 bits per heavy atom. The minimum Gasteiger partial charge on any atom is -0.496 e. The number of rotatable bonds is 3. The van der Waals surface area contributed by atoms with Crippen molar-refractivity contribution in [3.8, 4) is 5.75 Å². The summed E-state index contributed by atoms with van der Waals surface area (Å²) in [7, 11) is 1.76. The normalized spacial score (nSPS) is 23.9. The van der Waals surface area contributed by atoms with E-state index in [9.17, 15) is 0 Å². The number of benzene rings is 1. The second-order valence-electron chi connectivity index (χ2n) is 6.60. The van der Waals surface area contributed by atoms with E-state index in [0.717, 1.165) is 12.3 Å². The van der Waals surface area contributed by atoms with Crippen LogP contribution in [-0.2, 0) is 5.41 Å². The number of ether oxygens (including phenoxy) is 1. The Bertz CT molecular complexity index is 440. The molecule has 0 radical (unpaired) electrons. The van der Waals surface area contributed by atoms with E-state index in [4.69, 9.17) is 10.5 Å². The highest BCUT2D eigenvalue weighted by Gasteiger charge is 2.55. The van der Waals surface area contributed by atoms with E-state index >= 15 is 0 Å². The van der Waals surface area contributed by atoms with Gasteiger partial charge in [-0.15, -0.1) is 0 Å². The number of nitrogens with two attached hydrogens (primary N) is 1. The lowest BCUT2D eigenvalue weighted by atomic mass is 9.46. The highest BCUT2D eigenvalue weighted by Crippen LogP contribution is 2.62. The van der Waals surface area contributed by atoms with Crippen LogP contribution < -0.4 is 10.5 Å². The van der Waals surface area contributed by atoms with Crippen molar-refractivity contribution in [2.75, 3.05) is 13.7 Å². The fourth-order valence-electron chi connectivity index (χ4n) is 4.57. The van der Waals surface area contributed by atoms with E-state index in [0.29, 0.717) is 5.41 Å². The molecular weight excluding hydrogens is 234 g/mol. The van der Waals surface area contributed by atoms with Crippen molar-refractivity contribution in [1.82, 2.24) is 0 Å². The van der Waals surface area contributed by atoms with Crippen LogP contribution in [0.4, 0.5) is 0 Å². The summed E-state index contributed by atoms with van der Waals surface area (Å²) in [5.74, 6) is 1.01. The quantitative estimate of drug-likeness (QED) is 0.899.